The Morgan fingerprint density at radius 1 is 0.264 bits per heavy atom. The highest BCUT2D eigenvalue weighted by molar-refractivity contribution is 7.18. The average Bonchev–Trinajstić information content (AvgIpc) is 1.27. The van der Waals surface area contributed by atoms with E-state index in [1.165, 1.54) is 103 Å². The lowest BCUT2D eigenvalue weighted by atomic mass is 9.86. The Morgan fingerprint density at radius 2 is 0.655 bits per heavy atom. The van der Waals surface area contributed by atoms with E-state index in [-0.39, 0.29) is 5.41 Å². The van der Waals surface area contributed by atoms with Gasteiger partial charge in [0.1, 0.15) is 0 Å². The van der Waals surface area contributed by atoms with Crippen LogP contribution in [0.5, 0.6) is 0 Å². The van der Waals surface area contributed by atoms with Gasteiger partial charge in [0.05, 0.1) is 15.2 Å². The predicted molar refractivity (Wildman–Crippen MR) is 491 cm³/mol. The van der Waals surface area contributed by atoms with Gasteiger partial charge in [0.15, 0.2) is 0 Å². The number of aromatic nitrogens is 2. The lowest BCUT2D eigenvalue weighted by Gasteiger charge is -2.19. The Kier molecular flexibility index (Phi) is 31.8. The van der Waals surface area contributed by atoms with E-state index in [0.29, 0.717) is 37.9 Å². The number of nitrogens with one attached hydrogen (secondary N) is 1. The summed E-state index contributed by atoms with van der Waals surface area (Å²) in [6.07, 6.45) is 8.88. The van der Waals surface area contributed by atoms with E-state index < -0.39 is 0 Å². The van der Waals surface area contributed by atoms with Crippen LogP contribution in [0.1, 0.15) is 210 Å². The van der Waals surface area contributed by atoms with Crippen LogP contribution in [0.2, 0.25) is 0 Å². The van der Waals surface area contributed by atoms with Crippen LogP contribution in [0, 0.1) is 32.5 Å². The van der Waals surface area contributed by atoms with E-state index in [1.54, 1.807) is 0 Å². The maximum Gasteiger partial charge on any atom is 0.0943 e. The maximum atomic E-state index is 4.62. The molecule has 12 aromatic carbocycles. The summed E-state index contributed by atoms with van der Waals surface area (Å²) in [6.45, 7) is 54.3. The zero-order valence-electron chi connectivity index (χ0n) is 71.9. The van der Waals surface area contributed by atoms with Crippen LogP contribution >= 0.6 is 11.3 Å². The van der Waals surface area contributed by atoms with Gasteiger partial charge in [-0.2, -0.15) is 0 Å². The van der Waals surface area contributed by atoms with Crippen LogP contribution in [0.15, 0.2) is 297 Å². The first kappa shape index (κ1) is 88.1. The standard InChI is InChI=1S/C17H20.2C15H18.C14H16.C13H17N.C12H15NS.C11H16.C10H14/c1-17(2,3)13-14-9-11-16(12-10-14)15-7-5-4-6-8-15;1-15(2,3)11-13-9-6-8-12-7-4-5-10-14(12)13;1-15(2,3)11-12-8-9-13-6-4-5-7-14(13)10-12;1-14(2,3)13-9-8-11-6-4-5-7-12(11)10-13;1-13(2,3)8-10-9-14-12-7-5-4-6-11(10)12;1-12(2,3)8-11-13-9-6-4-5-7-10(9)14-11;1-11(2,3)9-10-7-5-4-6-8-10;1-10(2,3)9-7-5-4-6-8-9/h4-12H,13H2,1-3H3;2*4-10H,11H2,1-3H3;4-10H,1-3H3;4-7,9,14H,8H2,1-3H3;4-7H,8H2,1-3H3;4-8H,9H2,1-3H3;4-8H,1-3H3. The van der Waals surface area contributed by atoms with Crippen LogP contribution in [0.3, 0.4) is 0 Å². The van der Waals surface area contributed by atoms with Crippen LogP contribution in [0.4, 0.5) is 0 Å². The van der Waals surface area contributed by atoms with Crippen molar-refractivity contribution in [3.8, 4) is 11.1 Å². The monoisotopic (exact) mass is 1480 g/mol. The summed E-state index contributed by atoms with van der Waals surface area (Å²) in [5.74, 6) is 0. The Balaban J connectivity index is 0.000000175. The zero-order chi connectivity index (χ0) is 80.6. The molecule has 0 bridgehead atoms. The number of para-hydroxylation sites is 2. The Morgan fingerprint density at radius 3 is 1.17 bits per heavy atom. The van der Waals surface area contributed by atoms with Crippen molar-refractivity contribution in [2.75, 3.05) is 0 Å². The molecular formula is C107H134N2S. The molecule has 2 aromatic heterocycles. The minimum Gasteiger partial charge on any atom is -0.361 e. The number of fused-ring (bicyclic) bond motifs is 5. The van der Waals surface area contributed by atoms with Crippen molar-refractivity contribution in [1.29, 1.82) is 0 Å². The molecule has 2 nitrogen and oxygen atoms in total. The number of aromatic amines is 1. The molecule has 14 aromatic rings. The predicted octanol–water partition coefficient (Wildman–Crippen LogP) is 31.8. The van der Waals surface area contributed by atoms with Crippen molar-refractivity contribution in [2.24, 2.45) is 32.5 Å². The van der Waals surface area contributed by atoms with E-state index in [1.807, 2.05) is 17.4 Å². The molecule has 0 spiro atoms. The minimum atomic E-state index is 0.240. The summed E-state index contributed by atoms with van der Waals surface area (Å²) in [5.41, 5.74) is 17.6. The van der Waals surface area contributed by atoms with Gasteiger partial charge in [-0.15, -0.1) is 11.3 Å². The normalized spacial score (nSPS) is 11.9. The molecule has 0 unspecified atom stereocenters. The first-order chi connectivity index (χ1) is 51.5. The first-order valence-corrected chi connectivity index (χ1v) is 40.9. The van der Waals surface area contributed by atoms with Gasteiger partial charge in [-0.1, -0.05) is 439 Å². The number of benzene rings is 12. The summed E-state index contributed by atoms with van der Waals surface area (Å²) in [5, 5.41) is 10.7. The van der Waals surface area contributed by atoms with E-state index in [4.69, 9.17) is 0 Å². The topological polar surface area (TPSA) is 28.7 Å². The van der Waals surface area contributed by atoms with Gasteiger partial charge in [0.2, 0.25) is 0 Å². The van der Waals surface area contributed by atoms with Crippen LogP contribution in [-0.2, 0) is 49.4 Å². The summed E-state index contributed by atoms with van der Waals surface area (Å²) < 4.78 is 1.30. The van der Waals surface area contributed by atoms with Crippen molar-refractivity contribution in [3.05, 3.63) is 341 Å². The molecule has 0 radical (unpaired) electrons. The molecule has 0 atom stereocenters. The molecule has 0 aliphatic carbocycles. The van der Waals surface area contributed by atoms with Crippen LogP contribution < -0.4 is 0 Å². The number of hydrogen-bond donors (Lipinski definition) is 1. The molecular weight excluding hydrogens is 1350 g/mol. The maximum absolute atomic E-state index is 4.62. The average molecular weight is 1480 g/mol. The lowest BCUT2D eigenvalue weighted by Crippen LogP contribution is -2.10. The molecule has 0 saturated heterocycles. The largest absolute Gasteiger partial charge is 0.361 e. The number of thiazole rings is 1. The molecule has 14 rings (SSSR count). The molecule has 2 heterocycles. The first-order valence-electron chi connectivity index (χ1n) is 40.1. The SMILES string of the molecule is CC(C)(C)Cc1c[nH]c2ccccc12.CC(C)(C)Cc1ccc(-c2ccccc2)cc1.CC(C)(C)Cc1ccc2ccccc2c1.CC(C)(C)Cc1cccc2ccccc12.CC(C)(C)Cc1ccccc1.CC(C)(C)Cc1nc2ccccc2s1.CC(C)(C)c1ccc2ccccc2c1.CC(C)(C)c1ccccc1. The molecule has 0 amide bonds. The fourth-order valence-electron chi connectivity index (χ4n) is 13.1. The van der Waals surface area contributed by atoms with E-state index in [2.05, 4.69) is 467 Å². The third kappa shape index (κ3) is 32.4. The quantitative estimate of drug-likeness (QED) is 0.169. The van der Waals surface area contributed by atoms with Crippen molar-refractivity contribution in [3.63, 3.8) is 0 Å². The van der Waals surface area contributed by atoms with Crippen molar-refractivity contribution >= 4 is 64.8 Å². The summed E-state index contributed by atoms with van der Waals surface area (Å²) >= 11 is 1.81. The highest BCUT2D eigenvalue weighted by Crippen LogP contribution is 2.33. The Hall–Kier alpha value is -9.15. The molecule has 578 valence electrons. The van der Waals surface area contributed by atoms with E-state index in [9.17, 15) is 0 Å². The molecule has 110 heavy (non-hydrogen) atoms. The molecule has 0 aliphatic heterocycles. The van der Waals surface area contributed by atoms with E-state index in [0.717, 1.165) is 44.0 Å². The van der Waals surface area contributed by atoms with Gasteiger partial charge in [-0.25, -0.2) is 4.98 Å². The second kappa shape index (κ2) is 39.7. The van der Waals surface area contributed by atoms with E-state index >= 15 is 0 Å². The molecule has 0 aliphatic rings. The van der Waals surface area contributed by atoms with Crippen molar-refractivity contribution < 1.29 is 0 Å². The summed E-state index contributed by atoms with van der Waals surface area (Å²) in [6, 6.07) is 103. The molecule has 0 fully saturated rings. The summed E-state index contributed by atoms with van der Waals surface area (Å²) in [4.78, 5) is 7.93. The van der Waals surface area contributed by atoms with Crippen molar-refractivity contribution in [2.45, 2.75) is 216 Å². The fourth-order valence-corrected chi connectivity index (χ4v) is 14.4. The number of hydrogen-bond acceptors (Lipinski definition) is 2. The van der Waals surface area contributed by atoms with Gasteiger partial charge in [-0.3, -0.25) is 0 Å². The third-order valence-electron chi connectivity index (χ3n) is 18.2. The number of H-pyrrole nitrogens is 1. The van der Waals surface area contributed by atoms with Gasteiger partial charge in [0.25, 0.3) is 0 Å². The smallest absolute Gasteiger partial charge is 0.0943 e. The van der Waals surface area contributed by atoms with Gasteiger partial charge < -0.3 is 4.98 Å². The number of nitrogens with zero attached hydrogens (tertiary/aromatic N) is 1. The molecule has 1 N–H and O–H groups in total. The van der Waals surface area contributed by atoms with Gasteiger partial charge in [-0.05, 0) is 176 Å². The van der Waals surface area contributed by atoms with Crippen LogP contribution in [-0.4, -0.2) is 9.97 Å². The number of rotatable bonds is 7. The second-order valence-corrected chi connectivity index (χ2v) is 40.3. The van der Waals surface area contributed by atoms with Gasteiger partial charge >= 0.3 is 0 Å². The summed E-state index contributed by atoms with van der Waals surface area (Å²) in [7, 11) is 0. The lowest BCUT2D eigenvalue weighted by molar-refractivity contribution is 0.410. The third-order valence-corrected chi connectivity index (χ3v) is 19.2. The fraction of sp³-hybridized carbons (Fsp3) is 0.355. The Bertz CT molecular complexity index is 4940. The zero-order valence-corrected chi connectivity index (χ0v) is 72.7. The Labute approximate surface area is 670 Å². The highest BCUT2D eigenvalue weighted by Gasteiger charge is 2.19. The minimum absolute atomic E-state index is 0.240. The second-order valence-electron chi connectivity index (χ2n) is 39.2. The van der Waals surface area contributed by atoms with Gasteiger partial charge in [0, 0.05) is 23.5 Å². The molecule has 0 saturated carbocycles. The molecule has 3 heteroatoms. The van der Waals surface area contributed by atoms with Crippen molar-refractivity contribution in [1.82, 2.24) is 9.97 Å². The highest BCUT2D eigenvalue weighted by atomic mass is 32.1. The van der Waals surface area contributed by atoms with Crippen LogP contribution in [0.25, 0.3) is 64.6 Å².